The summed E-state index contributed by atoms with van der Waals surface area (Å²) in [6, 6.07) is 11.4. The van der Waals surface area contributed by atoms with E-state index in [0.29, 0.717) is 6.04 Å². The topological polar surface area (TPSA) is 15.3 Å². The van der Waals surface area contributed by atoms with Crippen molar-refractivity contribution in [2.24, 2.45) is 5.92 Å². The summed E-state index contributed by atoms with van der Waals surface area (Å²) in [6.45, 7) is 9.39. The van der Waals surface area contributed by atoms with E-state index in [-0.39, 0.29) is 0 Å². The number of benzene rings is 1. The molecule has 1 N–H and O–H groups in total. The summed E-state index contributed by atoms with van der Waals surface area (Å²) in [6.07, 6.45) is 5.42. The third-order valence-corrected chi connectivity index (χ3v) is 4.52. The summed E-state index contributed by atoms with van der Waals surface area (Å²) in [5.74, 6) is 0.879. The Morgan fingerprint density at radius 2 is 2.05 bits per heavy atom. The molecule has 2 atom stereocenters. The van der Waals surface area contributed by atoms with Crippen LogP contribution in [0.15, 0.2) is 30.3 Å². The quantitative estimate of drug-likeness (QED) is 0.812. The molecule has 0 radical (unpaired) electrons. The standard InChI is InChI=1S/C18H30N2/c1-3-5-9-16(4-2)14-20-13-12-19-18(15-20)17-10-7-6-8-11-17/h6-8,10-11,16,18-19H,3-5,9,12-15H2,1-2H3. The molecular weight excluding hydrogens is 244 g/mol. The van der Waals surface area contributed by atoms with Crippen molar-refractivity contribution in [3.63, 3.8) is 0 Å². The number of unbranched alkanes of at least 4 members (excludes halogenated alkanes) is 1. The molecule has 0 aromatic heterocycles. The fourth-order valence-corrected chi connectivity index (χ4v) is 3.17. The largest absolute Gasteiger partial charge is 0.308 e. The van der Waals surface area contributed by atoms with Gasteiger partial charge in [0.1, 0.15) is 0 Å². The van der Waals surface area contributed by atoms with Crippen molar-refractivity contribution in [2.75, 3.05) is 26.2 Å². The third kappa shape index (κ3) is 4.60. The van der Waals surface area contributed by atoms with Crippen molar-refractivity contribution in [3.8, 4) is 0 Å². The van der Waals surface area contributed by atoms with Crippen molar-refractivity contribution in [1.82, 2.24) is 10.2 Å². The molecule has 1 saturated heterocycles. The Bertz CT molecular complexity index is 363. The second-order valence-electron chi connectivity index (χ2n) is 6.09. The van der Waals surface area contributed by atoms with Crippen LogP contribution >= 0.6 is 0 Å². The fraction of sp³-hybridized carbons (Fsp3) is 0.667. The molecule has 2 unspecified atom stereocenters. The molecule has 1 fully saturated rings. The maximum atomic E-state index is 3.66. The fourth-order valence-electron chi connectivity index (χ4n) is 3.17. The Kier molecular flexibility index (Phi) is 6.55. The molecule has 1 aromatic carbocycles. The Balaban J connectivity index is 1.86. The summed E-state index contributed by atoms with van der Waals surface area (Å²) in [7, 11) is 0. The SMILES string of the molecule is CCCCC(CC)CN1CCNC(c2ccccc2)C1. The van der Waals surface area contributed by atoms with E-state index in [1.807, 2.05) is 0 Å². The average molecular weight is 274 g/mol. The molecule has 112 valence electrons. The summed E-state index contributed by atoms with van der Waals surface area (Å²) >= 11 is 0. The monoisotopic (exact) mass is 274 g/mol. The van der Waals surface area contributed by atoms with Gasteiger partial charge in [0, 0.05) is 32.2 Å². The number of nitrogens with one attached hydrogen (secondary N) is 1. The lowest BCUT2D eigenvalue weighted by Gasteiger charge is -2.36. The van der Waals surface area contributed by atoms with E-state index in [4.69, 9.17) is 0 Å². The van der Waals surface area contributed by atoms with Crippen LogP contribution in [0.5, 0.6) is 0 Å². The van der Waals surface area contributed by atoms with Gasteiger partial charge in [-0.05, 0) is 17.9 Å². The molecule has 0 spiro atoms. The van der Waals surface area contributed by atoms with Gasteiger partial charge in [-0.2, -0.15) is 0 Å². The summed E-state index contributed by atoms with van der Waals surface area (Å²) < 4.78 is 0. The van der Waals surface area contributed by atoms with E-state index >= 15 is 0 Å². The van der Waals surface area contributed by atoms with Crippen LogP contribution in [0.4, 0.5) is 0 Å². The molecule has 2 nitrogen and oxygen atoms in total. The van der Waals surface area contributed by atoms with Gasteiger partial charge < -0.3 is 5.32 Å². The van der Waals surface area contributed by atoms with Gasteiger partial charge in [-0.1, -0.05) is 63.4 Å². The van der Waals surface area contributed by atoms with Crippen LogP contribution in [0.25, 0.3) is 0 Å². The van der Waals surface area contributed by atoms with Gasteiger partial charge in [0.05, 0.1) is 0 Å². The van der Waals surface area contributed by atoms with Crippen LogP contribution in [0.3, 0.4) is 0 Å². The first kappa shape index (κ1) is 15.5. The van der Waals surface area contributed by atoms with Gasteiger partial charge in [-0.3, -0.25) is 4.90 Å². The maximum absolute atomic E-state index is 3.66. The summed E-state index contributed by atoms with van der Waals surface area (Å²) in [5.41, 5.74) is 1.43. The zero-order valence-corrected chi connectivity index (χ0v) is 13.1. The Morgan fingerprint density at radius 3 is 2.75 bits per heavy atom. The molecule has 0 bridgehead atoms. The first-order valence-corrected chi connectivity index (χ1v) is 8.34. The second-order valence-corrected chi connectivity index (χ2v) is 6.09. The Labute approximate surface area is 124 Å². The molecule has 1 aromatic rings. The van der Waals surface area contributed by atoms with Crippen LogP contribution in [-0.4, -0.2) is 31.1 Å². The van der Waals surface area contributed by atoms with Crippen LogP contribution in [-0.2, 0) is 0 Å². The van der Waals surface area contributed by atoms with E-state index in [1.165, 1.54) is 44.3 Å². The van der Waals surface area contributed by atoms with Crippen molar-refractivity contribution in [2.45, 2.75) is 45.6 Å². The highest BCUT2D eigenvalue weighted by Gasteiger charge is 2.22. The molecule has 1 heterocycles. The normalized spacial score (nSPS) is 21.8. The first-order chi connectivity index (χ1) is 9.83. The highest BCUT2D eigenvalue weighted by atomic mass is 15.2. The number of piperazine rings is 1. The van der Waals surface area contributed by atoms with Gasteiger partial charge in [0.25, 0.3) is 0 Å². The van der Waals surface area contributed by atoms with Gasteiger partial charge in [-0.25, -0.2) is 0 Å². The van der Waals surface area contributed by atoms with E-state index in [9.17, 15) is 0 Å². The minimum Gasteiger partial charge on any atom is -0.308 e. The molecule has 1 aliphatic rings. The molecule has 0 aliphatic carbocycles. The van der Waals surface area contributed by atoms with Crippen LogP contribution < -0.4 is 5.32 Å². The molecule has 20 heavy (non-hydrogen) atoms. The number of hydrogen-bond acceptors (Lipinski definition) is 2. The number of rotatable bonds is 7. The second kappa shape index (κ2) is 8.43. The predicted molar refractivity (Wildman–Crippen MR) is 86.9 cm³/mol. The molecule has 0 amide bonds. The molecule has 1 aliphatic heterocycles. The van der Waals surface area contributed by atoms with Crippen LogP contribution in [0, 0.1) is 5.92 Å². The average Bonchev–Trinajstić information content (AvgIpc) is 2.52. The third-order valence-electron chi connectivity index (χ3n) is 4.52. The van der Waals surface area contributed by atoms with Gasteiger partial charge in [0.15, 0.2) is 0 Å². The van der Waals surface area contributed by atoms with E-state index < -0.39 is 0 Å². The number of nitrogens with zero attached hydrogens (tertiary/aromatic N) is 1. The van der Waals surface area contributed by atoms with E-state index in [2.05, 4.69) is 54.4 Å². The lowest BCUT2D eigenvalue weighted by Crippen LogP contribution is -2.47. The zero-order chi connectivity index (χ0) is 14.2. The van der Waals surface area contributed by atoms with Gasteiger partial charge >= 0.3 is 0 Å². The summed E-state index contributed by atoms with van der Waals surface area (Å²) in [5, 5.41) is 3.66. The lowest BCUT2D eigenvalue weighted by atomic mass is 9.97. The van der Waals surface area contributed by atoms with Crippen LogP contribution in [0.1, 0.15) is 51.1 Å². The lowest BCUT2D eigenvalue weighted by molar-refractivity contribution is 0.166. The molecule has 2 rings (SSSR count). The predicted octanol–water partition coefficient (Wildman–Crippen LogP) is 3.85. The highest BCUT2D eigenvalue weighted by Crippen LogP contribution is 2.20. The van der Waals surface area contributed by atoms with Crippen molar-refractivity contribution in [3.05, 3.63) is 35.9 Å². The van der Waals surface area contributed by atoms with Crippen molar-refractivity contribution < 1.29 is 0 Å². The van der Waals surface area contributed by atoms with Gasteiger partial charge in [-0.15, -0.1) is 0 Å². The van der Waals surface area contributed by atoms with Crippen LogP contribution in [0.2, 0.25) is 0 Å². The summed E-state index contributed by atoms with van der Waals surface area (Å²) in [4.78, 5) is 2.66. The highest BCUT2D eigenvalue weighted by molar-refractivity contribution is 5.19. The van der Waals surface area contributed by atoms with E-state index in [0.717, 1.165) is 19.0 Å². The smallest absolute Gasteiger partial charge is 0.0449 e. The van der Waals surface area contributed by atoms with Crippen molar-refractivity contribution in [1.29, 1.82) is 0 Å². The Morgan fingerprint density at radius 1 is 1.25 bits per heavy atom. The van der Waals surface area contributed by atoms with E-state index in [1.54, 1.807) is 0 Å². The van der Waals surface area contributed by atoms with Gasteiger partial charge in [0.2, 0.25) is 0 Å². The zero-order valence-electron chi connectivity index (χ0n) is 13.1. The number of hydrogen-bond donors (Lipinski definition) is 1. The first-order valence-electron chi connectivity index (χ1n) is 8.34. The minimum absolute atomic E-state index is 0.508. The maximum Gasteiger partial charge on any atom is 0.0449 e. The minimum atomic E-state index is 0.508. The molecule has 0 saturated carbocycles. The molecular formula is C18H30N2. The Hall–Kier alpha value is -0.860. The van der Waals surface area contributed by atoms with Crippen molar-refractivity contribution >= 4 is 0 Å². The molecule has 2 heteroatoms.